The van der Waals surface area contributed by atoms with Crippen LogP contribution in [0.25, 0.3) is 0 Å². The predicted molar refractivity (Wildman–Crippen MR) is 77.4 cm³/mol. The molecule has 1 atom stereocenters. The molecule has 1 heterocycles. The Hall–Kier alpha value is -1.83. The number of amides is 1. The summed E-state index contributed by atoms with van der Waals surface area (Å²) < 4.78 is 0. The van der Waals surface area contributed by atoms with E-state index in [1.165, 1.54) is 5.01 Å². The van der Waals surface area contributed by atoms with Crippen LogP contribution in [0.2, 0.25) is 0 Å². The minimum absolute atomic E-state index is 0.240. The van der Waals surface area contributed by atoms with Crippen molar-refractivity contribution in [3.63, 3.8) is 0 Å². The van der Waals surface area contributed by atoms with Gasteiger partial charge in [-0.25, -0.2) is 10.0 Å². The van der Waals surface area contributed by atoms with Crippen LogP contribution in [-0.4, -0.2) is 35.1 Å². The Kier molecular flexibility index (Phi) is 3.37. The largest absolute Gasteiger partial charge is 0.356 e. The number of hydrogen-bond acceptors (Lipinski definition) is 3. The van der Waals surface area contributed by atoms with Crippen molar-refractivity contribution in [1.29, 1.82) is 0 Å². The molecule has 1 aliphatic heterocycles. The van der Waals surface area contributed by atoms with E-state index in [-0.39, 0.29) is 11.3 Å². The number of benzene rings is 1. The lowest BCUT2D eigenvalue weighted by Gasteiger charge is -2.34. The lowest BCUT2D eigenvalue weighted by atomic mass is 9.95. The highest BCUT2D eigenvalue weighted by atomic mass is 16.3. The van der Waals surface area contributed by atoms with Crippen LogP contribution in [0.5, 0.6) is 0 Å². The molecule has 1 aromatic rings. The number of rotatable bonds is 1. The zero-order chi connectivity index (χ0) is 15.1. The van der Waals surface area contributed by atoms with Crippen LogP contribution in [0.1, 0.15) is 36.7 Å². The van der Waals surface area contributed by atoms with E-state index in [1.54, 1.807) is 43.4 Å². The molecule has 1 aliphatic rings. The summed E-state index contributed by atoms with van der Waals surface area (Å²) >= 11 is 0. The monoisotopic (exact) mass is 272 g/mol. The molecule has 4 heteroatoms. The molecule has 1 N–H and O–H groups in total. The van der Waals surface area contributed by atoms with Gasteiger partial charge < -0.3 is 5.11 Å². The Morgan fingerprint density at radius 2 is 1.85 bits per heavy atom. The van der Waals surface area contributed by atoms with Crippen molar-refractivity contribution >= 4 is 5.91 Å². The number of fused-ring (bicyclic) bond motifs is 1. The summed E-state index contributed by atoms with van der Waals surface area (Å²) in [4.78, 5) is 12.4. The topological polar surface area (TPSA) is 43.8 Å². The minimum Gasteiger partial charge on any atom is -0.356 e. The van der Waals surface area contributed by atoms with E-state index in [1.807, 2.05) is 20.8 Å². The fraction of sp³-hybridized carbons (Fsp3) is 0.438. The van der Waals surface area contributed by atoms with Crippen molar-refractivity contribution in [1.82, 2.24) is 10.0 Å². The Bertz CT molecular complexity index is 605. The third kappa shape index (κ3) is 2.31. The highest BCUT2D eigenvalue weighted by molar-refractivity contribution is 6.00. The van der Waals surface area contributed by atoms with Crippen molar-refractivity contribution in [2.75, 3.05) is 14.1 Å². The summed E-state index contributed by atoms with van der Waals surface area (Å²) in [5.74, 6) is 5.68. The summed E-state index contributed by atoms with van der Waals surface area (Å²) in [6, 6.07) is 7.04. The van der Waals surface area contributed by atoms with Crippen molar-refractivity contribution in [3.05, 3.63) is 35.4 Å². The number of aliphatic hydroxyl groups is 1. The second-order valence-corrected chi connectivity index (χ2v) is 6.18. The van der Waals surface area contributed by atoms with Gasteiger partial charge in [0, 0.05) is 25.1 Å². The molecule has 20 heavy (non-hydrogen) atoms. The molecule has 0 aromatic heterocycles. The number of carbonyl (C=O) groups excluding carboxylic acids is 1. The summed E-state index contributed by atoms with van der Waals surface area (Å²) in [6.45, 7) is 5.89. The van der Waals surface area contributed by atoms with Gasteiger partial charge in [0.05, 0.1) is 5.56 Å². The number of hydrogen-bond donors (Lipinski definition) is 1. The lowest BCUT2D eigenvalue weighted by Crippen LogP contribution is -2.50. The Morgan fingerprint density at radius 1 is 1.25 bits per heavy atom. The maximum atomic E-state index is 12.4. The van der Waals surface area contributed by atoms with Gasteiger partial charge in [-0.05, 0) is 32.8 Å². The third-order valence-electron chi connectivity index (χ3n) is 3.04. The molecule has 4 nitrogen and oxygen atoms in total. The first kappa shape index (κ1) is 14.6. The summed E-state index contributed by atoms with van der Waals surface area (Å²) in [7, 11) is 3.43. The predicted octanol–water partition coefficient (Wildman–Crippen LogP) is 1.81. The average Bonchev–Trinajstić information content (AvgIpc) is 2.57. The first-order valence-corrected chi connectivity index (χ1v) is 6.55. The van der Waals surface area contributed by atoms with Crippen LogP contribution in [0.15, 0.2) is 24.3 Å². The zero-order valence-corrected chi connectivity index (χ0v) is 12.6. The molecule has 0 aliphatic carbocycles. The molecule has 2 rings (SSSR count). The minimum atomic E-state index is -1.61. The van der Waals surface area contributed by atoms with Crippen LogP contribution in [0, 0.1) is 17.3 Å². The van der Waals surface area contributed by atoms with E-state index in [2.05, 4.69) is 11.8 Å². The molecular weight excluding hydrogens is 252 g/mol. The quantitative estimate of drug-likeness (QED) is 0.793. The smallest absolute Gasteiger partial charge is 0.272 e. The van der Waals surface area contributed by atoms with Gasteiger partial charge in [0.15, 0.2) is 0 Å². The molecule has 1 amide bonds. The van der Waals surface area contributed by atoms with Crippen LogP contribution < -0.4 is 0 Å². The molecule has 0 bridgehead atoms. The van der Waals surface area contributed by atoms with Gasteiger partial charge in [0.2, 0.25) is 5.72 Å². The van der Waals surface area contributed by atoms with Crippen molar-refractivity contribution < 1.29 is 9.90 Å². The van der Waals surface area contributed by atoms with Crippen molar-refractivity contribution in [3.8, 4) is 11.8 Å². The van der Waals surface area contributed by atoms with E-state index in [4.69, 9.17) is 0 Å². The Labute approximate surface area is 120 Å². The molecule has 0 saturated heterocycles. The van der Waals surface area contributed by atoms with Crippen molar-refractivity contribution in [2.45, 2.75) is 26.5 Å². The van der Waals surface area contributed by atoms with Crippen molar-refractivity contribution in [2.24, 2.45) is 5.41 Å². The van der Waals surface area contributed by atoms with Crippen LogP contribution in [-0.2, 0) is 5.72 Å². The molecule has 0 spiro atoms. The number of hydrazine groups is 1. The van der Waals surface area contributed by atoms with E-state index in [9.17, 15) is 9.90 Å². The molecule has 0 radical (unpaired) electrons. The van der Waals surface area contributed by atoms with E-state index in [0.29, 0.717) is 11.1 Å². The fourth-order valence-corrected chi connectivity index (χ4v) is 2.21. The van der Waals surface area contributed by atoms with E-state index in [0.717, 1.165) is 0 Å². The van der Waals surface area contributed by atoms with Gasteiger partial charge in [-0.1, -0.05) is 24.1 Å². The van der Waals surface area contributed by atoms with Crippen LogP contribution in [0.4, 0.5) is 0 Å². The maximum Gasteiger partial charge on any atom is 0.272 e. The fourth-order valence-electron chi connectivity index (χ4n) is 2.21. The van der Waals surface area contributed by atoms with Gasteiger partial charge in [-0.3, -0.25) is 4.79 Å². The molecular formula is C16H20N2O2. The maximum absolute atomic E-state index is 12.4. The summed E-state index contributed by atoms with van der Waals surface area (Å²) in [5.41, 5.74) is -0.832. The van der Waals surface area contributed by atoms with Gasteiger partial charge >= 0.3 is 0 Å². The first-order valence-electron chi connectivity index (χ1n) is 6.55. The summed E-state index contributed by atoms with van der Waals surface area (Å²) in [6.07, 6.45) is 0. The second-order valence-electron chi connectivity index (χ2n) is 6.18. The molecule has 106 valence electrons. The standard InChI is InChI=1S/C16H20N2O2/c1-15(2,3)10-11-16(20)13-9-7-6-8-12(13)14(19)18(16)17(4)5/h6-9,20H,1-5H3. The normalized spacial score (nSPS) is 21.8. The number of carbonyl (C=O) groups is 1. The van der Waals surface area contributed by atoms with E-state index < -0.39 is 5.72 Å². The lowest BCUT2D eigenvalue weighted by molar-refractivity contribution is -0.125. The van der Waals surface area contributed by atoms with Gasteiger partial charge in [0.25, 0.3) is 5.91 Å². The van der Waals surface area contributed by atoms with Crippen LogP contribution in [0.3, 0.4) is 0 Å². The third-order valence-corrected chi connectivity index (χ3v) is 3.04. The SMILES string of the molecule is CN(C)N1C(=O)c2ccccc2C1(O)C#CC(C)(C)C. The van der Waals surface area contributed by atoms with Gasteiger partial charge in [-0.2, -0.15) is 0 Å². The first-order chi connectivity index (χ1) is 9.17. The zero-order valence-electron chi connectivity index (χ0n) is 12.6. The molecule has 0 saturated carbocycles. The molecule has 0 fully saturated rings. The second kappa shape index (κ2) is 4.62. The highest BCUT2D eigenvalue weighted by Crippen LogP contribution is 2.37. The Balaban J connectivity index is 2.63. The number of nitrogens with zero attached hydrogens (tertiary/aromatic N) is 2. The van der Waals surface area contributed by atoms with Gasteiger partial charge in [-0.15, -0.1) is 0 Å². The van der Waals surface area contributed by atoms with E-state index >= 15 is 0 Å². The molecule has 1 aromatic carbocycles. The van der Waals surface area contributed by atoms with Crippen LogP contribution >= 0.6 is 0 Å². The Morgan fingerprint density at radius 3 is 2.40 bits per heavy atom. The highest BCUT2D eigenvalue weighted by Gasteiger charge is 2.49. The molecule has 1 unspecified atom stereocenters. The summed E-state index contributed by atoms with van der Waals surface area (Å²) in [5, 5.41) is 13.9. The van der Waals surface area contributed by atoms with Gasteiger partial charge in [0.1, 0.15) is 0 Å². The average molecular weight is 272 g/mol.